The summed E-state index contributed by atoms with van der Waals surface area (Å²) in [6.07, 6.45) is 2.34. The topological polar surface area (TPSA) is 20.2 Å². The second-order valence-corrected chi connectivity index (χ2v) is 5.28. The molecule has 0 aliphatic heterocycles. The molecule has 0 bridgehead atoms. The maximum Gasteiger partial charge on any atom is 0.0830 e. The molecule has 1 nitrogen and oxygen atoms in total. The smallest absolute Gasteiger partial charge is 0.0830 e. The van der Waals surface area contributed by atoms with Gasteiger partial charge in [-0.3, -0.25) is 0 Å². The van der Waals surface area contributed by atoms with Gasteiger partial charge in [0.15, 0.2) is 0 Å². The fraction of sp³-hybridized carbons (Fsp3) is 0.294. The Balaban J connectivity index is 2.05. The van der Waals surface area contributed by atoms with E-state index in [1.165, 1.54) is 5.56 Å². The van der Waals surface area contributed by atoms with Gasteiger partial charge in [0.25, 0.3) is 0 Å². The van der Waals surface area contributed by atoms with Gasteiger partial charge in [0.2, 0.25) is 0 Å². The van der Waals surface area contributed by atoms with Crippen molar-refractivity contribution < 1.29 is 5.11 Å². The molecule has 2 rings (SSSR count). The first-order valence-electron chi connectivity index (χ1n) is 6.70. The van der Waals surface area contributed by atoms with Gasteiger partial charge in [-0.1, -0.05) is 61.3 Å². The van der Waals surface area contributed by atoms with Gasteiger partial charge in [0.05, 0.1) is 6.10 Å². The standard InChI is InChI=1S/C17H19ClO/c1-2-4-13-7-9-15(10-8-13)17(19)12-14-5-3-6-16(18)11-14/h3,5-11,17,19H,2,4,12H2,1H3. The van der Waals surface area contributed by atoms with Crippen LogP contribution in [0.25, 0.3) is 0 Å². The van der Waals surface area contributed by atoms with Crippen LogP contribution < -0.4 is 0 Å². The van der Waals surface area contributed by atoms with Gasteiger partial charge in [0.1, 0.15) is 0 Å². The van der Waals surface area contributed by atoms with Crippen LogP contribution >= 0.6 is 11.6 Å². The molecule has 0 saturated carbocycles. The number of aliphatic hydroxyl groups is 1. The summed E-state index contributed by atoms with van der Waals surface area (Å²) in [5.41, 5.74) is 3.33. The molecule has 2 aromatic carbocycles. The Hall–Kier alpha value is -1.31. The Morgan fingerprint density at radius 2 is 1.79 bits per heavy atom. The minimum atomic E-state index is -0.478. The zero-order valence-corrected chi connectivity index (χ0v) is 11.9. The summed E-state index contributed by atoms with van der Waals surface area (Å²) in [5.74, 6) is 0. The van der Waals surface area contributed by atoms with Crippen molar-refractivity contribution in [3.63, 3.8) is 0 Å². The fourth-order valence-electron chi connectivity index (χ4n) is 2.20. The summed E-state index contributed by atoms with van der Waals surface area (Å²) in [7, 11) is 0. The van der Waals surface area contributed by atoms with E-state index in [0.717, 1.165) is 24.0 Å². The van der Waals surface area contributed by atoms with E-state index in [4.69, 9.17) is 11.6 Å². The van der Waals surface area contributed by atoms with Crippen molar-refractivity contribution >= 4 is 11.6 Å². The van der Waals surface area contributed by atoms with Crippen LogP contribution in [0.2, 0.25) is 5.02 Å². The van der Waals surface area contributed by atoms with Gasteiger partial charge in [-0.2, -0.15) is 0 Å². The summed E-state index contributed by atoms with van der Waals surface area (Å²) < 4.78 is 0. The van der Waals surface area contributed by atoms with Crippen LogP contribution in [0.15, 0.2) is 48.5 Å². The highest BCUT2D eigenvalue weighted by Crippen LogP contribution is 2.21. The van der Waals surface area contributed by atoms with Crippen LogP contribution in [0.3, 0.4) is 0 Å². The molecule has 0 saturated heterocycles. The molecule has 0 amide bonds. The number of rotatable bonds is 5. The van der Waals surface area contributed by atoms with Crippen molar-refractivity contribution in [2.75, 3.05) is 0 Å². The van der Waals surface area contributed by atoms with Crippen LogP contribution in [-0.4, -0.2) is 5.11 Å². The first-order chi connectivity index (χ1) is 9.19. The molecule has 0 aromatic heterocycles. The lowest BCUT2D eigenvalue weighted by Crippen LogP contribution is -2.02. The zero-order chi connectivity index (χ0) is 13.7. The summed E-state index contributed by atoms with van der Waals surface area (Å²) in [4.78, 5) is 0. The lowest BCUT2D eigenvalue weighted by Gasteiger charge is -2.12. The normalized spacial score (nSPS) is 12.4. The number of aliphatic hydroxyl groups excluding tert-OH is 1. The quantitative estimate of drug-likeness (QED) is 0.847. The molecule has 100 valence electrons. The van der Waals surface area contributed by atoms with E-state index < -0.39 is 6.10 Å². The van der Waals surface area contributed by atoms with Gasteiger partial charge in [0, 0.05) is 11.4 Å². The van der Waals surface area contributed by atoms with Gasteiger partial charge < -0.3 is 5.11 Å². The summed E-state index contributed by atoms with van der Waals surface area (Å²) >= 11 is 5.95. The third-order valence-corrected chi connectivity index (χ3v) is 3.46. The van der Waals surface area contributed by atoms with Crippen LogP contribution in [-0.2, 0) is 12.8 Å². The number of hydrogen-bond acceptors (Lipinski definition) is 1. The minimum absolute atomic E-state index is 0.478. The second-order valence-electron chi connectivity index (χ2n) is 4.84. The van der Waals surface area contributed by atoms with E-state index in [-0.39, 0.29) is 0 Å². The molecule has 0 fully saturated rings. The van der Waals surface area contributed by atoms with Crippen molar-refractivity contribution in [3.05, 3.63) is 70.2 Å². The summed E-state index contributed by atoms with van der Waals surface area (Å²) in [6.45, 7) is 2.17. The first-order valence-corrected chi connectivity index (χ1v) is 7.08. The van der Waals surface area contributed by atoms with Crippen LogP contribution in [0, 0.1) is 0 Å². The number of aryl methyl sites for hydroxylation is 1. The average molecular weight is 275 g/mol. The highest BCUT2D eigenvalue weighted by molar-refractivity contribution is 6.30. The summed E-state index contributed by atoms with van der Waals surface area (Å²) in [6, 6.07) is 15.9. The predicted molar refractivity (Wildman–Crippen MR) is 80.6 cm³/mol. The maximum atomic E-state index is 10.2. The van der Waals surface area contributed by atoms with E-state index in [2.05, 4.69) is 19.1 Å². The lowest BCUT2D eigenvalue weighted by molar-refractivity contribution is 0.178. The van der Waals surface area contributed by atoms with Gasteiger partial charge in [-0.25, -0.2) is 0 Å². The van der Waals surface area contributed by atoms with Gasteiger partial charge in [-0.05, 0) is 35.2 Å². The Labute approximate surface area is 119 Å². The maximum absolute atomic E-state index is 10.2. The molecule has 0 aliphatic rings. The van der Waals surface area contributed by atoms with E-state index in [1.807, 2.05) is 36.4 Å². The van der Waals surface area contributed by atoms with Crippen molar-refractivity contribution in [1.82, 2.24) is 0 Å². The van der Waals surface area contributed by atoms with Crippen molar-refractivity contribution in [2.24, 2.45) is 0 Å². The molecule has 1 atom stereocenters. The lowest BCUT2D eigenvalue weighted by atomic mass is 9.99. The van der Waals surface area contributed by atoms with Gasteiger partial charge >= 0.3 is 0 Å². The molecule has 1 N–H and O–H groups in total. The molecule has 2 heteroatoms. The third kappa shape index (κ3) is 4.09. The van der Waals surface area contributed by atoms with Crippen molar-refractivity contribution in [1.29, 1.82) is 0 Å². The van der Waals surface area contributed by atoms with Gasteiger partial charge in [-0.15, -0.1) is 0 Å². The molecule has 0 radical (unpaired) electrons. The number of halogens is 1. The molecule has 1 unspecified atom stereocenters. The number of benzene rings is 2. The molecule has 2 aromatic rings. The van der Waals surface area contributed by atoms with E-state index in [1.54, 1.807) is 0 Å². The Kier molecular flexibility index (Phi) is 5.00. The SMILES string of the molecule is CCCc1ccc(C(O)Cc2cccc(Cl)c2)cc1. The Morgan fingerprint density at radius 1 is 1.05 bits per heavy atom. The molecule has 0 heterocycles. The molecular formula is C17H19ClO. The number of hydrogen-bond donors (Lipinski definition) is 1. The predicted octanol–water partition coefficient (Wildman–Crippen LogP) is 4.57. The van der Waals surface area contributed by atoms with Crippen molar-refractivity contribution in [2.45, 2.75) is 32.3 Å². The molecule has 19 heavy (non-hydrogen) atoms. The largest absolute Gasteiger partial charge is 0.388 e. The highest BCUT2D eigenvalue weighted by atomic mass is 35.5. The minimum Gasteiger partial charge on any atom is -0.388 e. The van der Waals surface area contributed by atoms with E-state index >= 15 is 0 Å². The highest BCUT2D eigenvalue weighted by Gasteiger charge is 2.08. The average Bonchev–Trinajstić information content (AvgIpc) is 2.40. The zero-order valence-electron chi connectivity index (χ0n) is 11.1. The van der Waals surface area contributed by atoms with E-state index in [0.29, 0.717) is 11.4 Å². The fourth-order valence-corrected chi connectivity index (χ4v) is 2.41. The van der Waals surface area contributed by atoms with Crippen LogP contribution in [0.5, 0.6) is 0 Å². The van der Waals surface area contributed by atoms with Crippen LogP contribution in [0.4, 0.5) is 0 Å². The molecule has 0 spiro atoms. The summed E-state index contributed by atoms with van der Waals surface area (Å²) in [5, 5.41) is 11.0. The molecule has 0 aliphatic carbocycles. The Bertz CT molecular complexity index is 519. The first kappa shape index (κ1) is 14.1. The monoisotopic (exact) mass is 274 g/mol. The van der Waals surface area contributed by atoms with E-state index in [9.17, 15) is 5.11 Å². The molecular weight excluding hydrogens is 256 g/mol. The third-order valence-electron chi connectivity index (χ3n) is 3.22. The second kappa shape index (κ2) is 6.74. The van der Waals surface area contributed by atoms with Crippen molar-refractivity contribution in [3.8, 4) is 0 Å². The van der Waals surface area contributed by atoms with Crippen LogP contribution in [0.1, 0.15) is 36.1 Å². The Morgan fingerprint density at radius 3 is 2.42 bits per heavy atom.